The molecular weight excluding hydrogens is 325 g/mol. The van der Waals surface area contributed by atoms with E-state index in [0.29, 0.717) is 0 Å². The Balaban J connectivity index is 2.03. The number of hydrogen-bond donors (Lipinski definition) is 1. The van der Waals surface area contributed by atoms with Crippen molar-refractivity contribution in [3.05, 3.63) is 68.5 Å². The second-order valence-corrected chi connectivity index (χ2v) is 4.48. The molecule has 0 aromatic heterocycles. The van der Waals surface area contributed by atoms with Crippen molar-refractivity contribution < 1.29 is 23.8 Å². The maximum absolute atomic E-state index is 13.2. The van der Waals surface area contributed by atoms with E-state index in [-0.39, 0.29) is 17.1 Å². The summed E-state index contributed by atoms with van der Waals surface area (Å²) in [4.78, 5) is 31.6. The minimum atomic E-state index is -1.03. The zero-order valence-electron chi connectivity index (χ0n) is 12.0. The monoisotopic (exact) mass is 335 g/mol. The Morgan fingerprint density at radius 3 is 2.42 bits per heavy atom. The lowest BCUT2D eigenvalue weighted by Gasteiger charge is -2.08. The van der Waals surface area contributed by atoms with Gasteiger partial charge in [-0.3, -0.25) is 25.0 Å². The lowest BCUT2D eigenvalue weighted by molar-refractivity contribution is -0.387. The number of rotatable bonds is 6. The van der Waals surface area contributed by atoms with Gasteiger partial charge >= 0.3 is 11.4 Å². The maximum atomic E-state index is 13.2. The van der Waals surface area contributed by atoms with Gasteiger partial charge in [-0.15, -0.1) is 0 Å². The molecule has 0 aliphatic heterocycles. The summed E-state index contributed by atoms with van der Waals surface area (Å²) in [6.45, 7) is -0.559. The molecule has 0 saturated carbocycles. The number of hydrogen-bond acceptors (Lipinski definition) is 6. The Kier molecular flexibility index (Phi) is 5.00. The Hall–Kier alpha value is -3.56. The molecule has 9 nitrogen and oxygen atoms in total. The number of nitro benzene ring substituents is 2. The van der Waals surface area contributed by atoms with E-state index in [4.69, 9.17) is 4.74 Å². The smallest absolute Gasteiger partial charge is 0.310 e. The van der Waals surface area contributed by atoms with E-state index in [9.17, 15) is 29.4 Å². The van der Waals surface area contributed by atoms with Crippen molar-refractivity contribution in [3.8, 4) is 5.75 Å². The van der Waals surface area contributed by atoms with Gasteiger partial charge in [0.05, 0.1) is 9.85 Å². The number of halogens is 1. The van der Waals surface area contributed by atoms with E-state index in [1.807, 2.05) is 0 Å². The van der Waals surface area contributed by atoms with Crippen LogP contribution in [0.2, 0.25) is 0 Å². The molecule has 0 unspecified atom stereocenters. The van der Waals surface area contributed by atoms with Crippen LogP contribution in [-0.2, 0) is 4.79 Å². The molecule has 24 heavy (non-hydrogen) atoms. The molecule has 10 heteroatoms. The molecule has 1 amide bonds. The number of amides is 1. The first-order valence-corrected chi connectivity index (χ1v) is 6.48. The average Bonchev–Trinajstić information content (AvgIpc) is 2.54. The number of nitrogens with one attached hydrogen (secondary N) is 1. The molecular formula is C14H10FN3O6. The van der Waals surface area contributed by atoms with E-state index in [1.54, 1.807) is 0 Å². The van der Waals surface area contributed by atoms with Crippen LogP contribution in [-0.4, -0.2) is 22.4 Å². The van der Waals surface area contributed by atoms with Gasteiger partial charge in [-0.1, -0.05) is 12.1 Å². The molecule has 2 aromatic rings. The number of carbonyl (C=O) groups is 1. The highest BCUT2D eigenvalue weighted by molar-refractivity contribution is 5.92. The van der Waals surface area contributed by atoms with Crippen LogP contribution in [0.3, 0.4) is 0 Å². The molecule has 0 saturated heterocycles. The summed E-state index contributed by atoms with van der Waals surface area (Å²) in [5, 5.41) is 23.7. The molecule has 0 spiro atoms. The Bertz CT molecular complexity index is 811. The molecule has 0 aliphatic carbocycles. The van der Waals surface area contributed by atoms with Gasteiger partial charge in [0.2, 0.25) is 5.82 Å². The van der Waals surface area contributed by atoms with Crippen molar-refractivity contribution in [2.45, 2.75) is 0 Å². The molecule has 124 valence electrons. The number of nitrogens with zero attached hydrogens (tertiary/aromatic N) is 2. The summed E-state index contributed by atoms with van der Waals surface area (Å²) in [5.74, 6) is -1.84. The largest absolute Gasteiger partial charge is 0.477 e. The lowest BCUT2D eigenvalue weighted by atomic mass is 10.2. The van der Waals surface area contributed by atoms with Crippen LogP contribution in [0.25, 0.3) is 0 Å². The van der Waals surface area contributed by atoms with E-state index in [2.05, 4.69) is 5.32 Å². The zero-order valence-corrected chi connectivity index (χ0v) is 12.0. The molecule has 0 heterocycles. The number of ether oxygens (including phenoxy) is 1. The van der Waals surface area contributed by atoms with Crippen LogP contribution in [0.5, 0.6) is 5.75 Å². The molecule has 2 aromatic carbocycles. The molecule has 0 aliphatic rings. The normalized spacial score (nSPS) is 10.0. The van der Waals surface area contributed by atoms with E-state index in [1.165, 1.54) is 24.3 Å². The van der Waals surface area contributed by atoms with Crippen molar-refractivity contribution in [2.75, 3.05) is 11.9 Å². The van der Waals surface area contributed by atoms with Crippen LogP contribution in [0.4, 0.5) is 21.5 Å². The standard InChI is InChI=1S/C14H10FN3O6/c15-10-6-5-9(7-12(10)18(22)23)16-14(19)8-24-13-4-2-1-3-11(13)17(20)21/h1-7H,8H2,(H,16,19). The van der Waals surface area contributed by atoms with Crippen molar-refractivity contribution >= 4 is 23.0 Å². The fraction of sp³-hybridized carbons (Fsp3) is 0.0714. The highest BCUT2D eigenvalue weighted by Crippen LogP contribution is 2.26. The Morgan fingerprint density at radius 1 is 1.08 bits per heavy atom. The minimum Gasteiger partial charge on any atom is -0.477 e. The van der Waals surface area contributed by atoms with E-state index < -0.39 is 33.9 Å². The van der Waals surface area contributed by atoms with Gasteiger partial charge in [-0.25, -0.2) is 0 Å². The fourth-order valence-corrected chi connectivity index (χ4v) is 1.80. The van der Waals surface area contributed by atoms with Crippen LogP contribution < -0.4 is 10.1 Å². The molecule has 0 radical (unpaired) electrons. The van der Waals surface area contributed by atoms with E-state index >= 15 is 0 Å². The van der Waals surface area contributed by atoms with Gasteiger partial charge in [0.15, 0.2) is 12.4 Å². The average molecular weight is 335 g/mol. The summed E-state index contributed by atoms with van der Waals surface area (Å²) in [6, 6.07) is 8.34. The third-order valence-electron chi connectivity index (χ3n) is 2.85. The summed E-state index contributed by atoms with van der Waals surface area (Å²) in [6.07, 6.45) is 0. The Morgan fingerprint density at radius 2 is 1.75 bits per heavy atom. The van der Waals surface area contributed by atoms with Crippen LogP contribution in [0, 0.1) is 26.0 Å². The number of benzene rings is 2. The zero-order chi connectivity index (χ0) is 17.7. The lowest BCUT2D eigenvalue weighted by Crippen LogP contribution is -2.20. The molecule has 0 atom stereocenters. The first-order valence-electron chi connectivity index (χ1n) is 6.48. The fourth-order valence-electron chi connectivity index (χ4n) is 1.80. The van der Waals surface area contributed by atoms with Gasteiger partial charge in [-0.05, 0) is 18.2 Å². The van der Waals surface area contributed by atoms with Gasteiger partial charge < -0.3 is 10.1 Å². The van der Waals surface area contributed by atoms with Gasteiger partial charge in [0.1, 0.15) is 0 Å². The summed E-state index contributed by atoms with van der Waals surface area (Å²) >= 11 is 0. The topological polar surface area (TPSA) is 125 Å². The van der Waals surface area contributed by atoms with E-state index in [0.717, 1.165) is 18.2 Å². The number of anilines is 1. The third-order valence-corrected chi connectivity index (χ3v) is 2.85. The molecule has 1 N–H and O–H groups in total. The highest BCUT2D eigenvalue weighted by atomic mass is 19.1. The van der Waals surface area contributed by atoms with Crippen LogP contribution in [0.15, 0.2) is 42.5 Å². The minimum absolute atomic E-state index is 0.000684. The number of para-hydroxylation sites is 2. The molecule has 0 fully saturated rings. The van der Waals surface area contributed by atoms with Crippen LogP contribution >= 0.6 is 0 Å². The number of nitro groups is 2. The second-order valence-electron chi connectivity index (χ2n) is 4.48. The van der Waals surface area contributed by atoms with Crippen LogP contribution in [0.1, 0.15) is 0 Å². The molecule has 2 rings (SSSR count). The quantitative estimate of drug-likeness (QED) is 0.639. The van der Waals surface area contributed by atoms with Gasteiger partial charge in [-0.2, -0.15) is 4.39 Å². The summed E-state index contributed by atoms with van der Waals surface area (Å²) in [7, 11) is 0. The summed E-state index contributed by atoms with van der Waals surface area (Å²) < 4.78 is 18.3. The first kappa shape index (κ1) is 16.8. The van der Waals surface area contributed by atoms with Crippen molar-refractivity contribution in [2.24, 2.45) is 0 Å². The van der Waals surface area contributed by atoms with Gasteiger partial charge in [0.25, 0.3) is 5.91 Å². The molecule has 0 bridgehead atoms. The van der Waals surface area contributed by atoms with Crippen molar-refractivity contribution in [1.82, 2.24) is 0 Å². The predicted molar refractivity (Wildman–Crippen MR) is 80.3 cm³/mol. The predicted octanol–water partition coefficient (Wildman–Crippen LogP) is 2.66. The SMILES string of the molecule is O=C(COc1ccccc1[N+](=O)[O-])Nc1ccc(F)c([N+](=O)[O-])c1. The second kappa shape index (κ2) is 7.13. The number of carbonyl (C=O) groups excluding carboxylic acids is 1. The first-order chi connectivity index (χ1) is 11.4. The van der Waals surface area contributed by atoms with Crippen molar-refractivity contribution in [3.63, 3.8) is 0 Å². The summed E-state index contributed by atoms with van der Waals surface area (Å²) in [5.41, 5.74) is -1.09. The third kappa shape index (κ3) is 4.00. The highest BCUT2D eigenvalue weighted by Gasteiger charge is 2.17. The Labute approximate surface area is 134 Å². The van der Waals surface area contributed by atoms with Crippen molar-refractivity contribution in [1.29, 1.82) is 0 Å². The van der Waals surface area contributed by atoms with Gasteiger partial charge in [0, 0.05) is 17.8 Å². The maximum Gasteiger partial charge on any atom is 0.310 e.